The second-order valence-corrected chi connectivity index (χ2v) is 3.67. The highest BCUT2D eigenvalue weighted by Gasteiger charge is 2.15. The van der Waals surface area contributed by atoms with Crippen molar-refractivity contribution in [2.24, 2.45) is 0 Å². The Bertz CT molecular complexity index is 521. The zero-order valence-corrected chi connectivity index (χ0v) is 7.77. The largest absolute Gasteiger partial charge is 0.478 e. The molecule has 0 aliphatic rings. The van der Waals surface area contributed by atoms with Gasteiger partial charge in [-0.1, -0.05) is 0 Å². The summed E-state index contributed by atoms with van der Waals surface area (Å²) in [5, 5.41) is 10.3. The van der Waals surface area contributed by atoms with Crippen LogP contribution in [-0.4, -0.2) is 11.1 Å². The van der Waals surface area contributed by atoms with Gasteiger partial charge in [-0.25, -0.2) is 9.18 Å². The Hall–Kier alpha value is -1.62. The van der Waals surface area contributed by atoms with E-state index < -0.39 is 11.8 Å². The van der Waals surface area contributed by atoms with Crippen LogP contribution in [0.3, 0.4) is 0 Å². The van der Waals surface area contributed by atoms with Crippen LogP contribution in [0.2, 0.25) is 0 Å². The Labute approximate surface area is 82.6 Å². The SMILES string of the molecule is Nc1ccc(F)c2c(C(=O)O)csc12. The standard InChI is InChI=1S/C9H6FNO2S/c10-5-1-2-6(11)8-7(5)4(3-14-8)9(12)13/h1-3H,11H2,(H,12,13). The maximum absolute atomic E-state index is 13.3. The van der Waals surface area contributed by atoms with E-state index in [2.05, 4.69) is 0 Å². The highest BCUT2D eigenvalue weighted by Crippen LogP contribution is 2.32. The number of carbonyl (C=O) groups is 1. The van der Waals surface area contributed by atoms with Crippen LogP contribution in [0.1, 0.15) is 10.4 Å². The summed E-state index contributed by atoms with van der Waals surface area (Å²) in [7, 11) is 0. The zero-order chi connectivity index (χ0) is 10.3. The molecule has 0 saturated carbocycles. The molecule has 0 bridgehead atoms. The number of thiophene rings is 1. The van der Waals surface area contributed by atoms with Crippen molar-refractivity contribution in [1.82, 2.24) is 0 Å². The summed E-state index contributed by atoms with van der Waals surface area (Å²) < 4.78 is 13.8. The lowest BCUT2D eigenvalue weighted by atomic mass is 10.1. The molecule has 2 rings (SSSR count). The van der Waals surface area contributed by atoms with Gasteiger partial charge in [0, 0.05) is 16.5 Å². The van der Waals surface area contributed by atoms with Crippen LogP contribution in [0.5, 0.6) is 0 Å². The number of benzene rings is 1. The van der Waals surface area contributed by atoms with Crippen molar-refractivity contribution >= 4 is 33.1 Å². The molecule has 1 aromatic heterocycles. The van der Waals surface area contributed by atoms with Gasteiger partial charge in [-0.15, -0.1) is 11.3 Å². The molecule has 14 heavy (non-hydrogen) atoms. The average Bonchev–Trinajstić information content (AvgIpc) is 2.56. The third-order valence-electron chi connectivity index (χ3n) is 1.93. The van der Waals surface area contributed by atoms with E-state index in [0.29, 0.717) is 10.4 Å². The Morgan fingerprint density at radius 3 is 2.86 bits per heavy atom. The minimum atomic E-state index is -1.14. The molecule has 1 heterocycles. The topological polar surface area (TPSA) is 63.3 Å². The molecule has 0 radical (unpaired) electrons. The Morgan fingerprint density at radius 1 is 1.50 bits per heavy atom. The van der Waals surface area contributed by atoms with E-state index in [0.717, 1.165) is 11.3 Å². The maximum atomic E-state index is 13.3. The van der Waals surface area contributed by atoms with Crippen LogP contribution in [-0.2, 0) is 0 Å². The highest BCUT2D eigenvalue weighted by atomic mass is 32.1. The number of anilines is 1. The fourth-order valence-corrected chi connectivity index (χ4v) is 2.27. The molecule has 3 nitrogen and oxygen atoms in total. The number of nitrogens with two attached hydrogens (primary N) is 1. The van der Waals surface area contributed by atoms with Crippen molar-refractivity contribution in [3.8, 4) is 0 Å². The predicted octanol–water partition coefficient (Wildman–Crippen LogP) is 2.32. The van der Waals surface area contributed by atoms with Gasteiger partial charge < -0.3 is 10.8 Å². The maximum Gasteiger partial charge on any atom is 0.337 e. The molecule has 0 amide bonds. The summed E-state index contributed by atoms with van der Waals surface area (Å²) >= 11 is 1.14. The fourth-order valence-electron chi connectivity index (χ4n) is 1.29. The van der Waals surface area contributed by atoms with Gasteiger partial charge in [0.1, 0.15) is 5.82 Å². The first-order valence-electron chi connectivity index (χ1n) is 3.79. The summed E-state index contributed by atoms with van der Waals surface area (Å²) in [5.41, 5.74) is 5.96. The van der Waals surface area contributed by atoms with Crippen molar-refractivity contribution in [3.63, 3.8) is 0 Å². The number of rotatable bonds is 1. The number of nitrogen functional groups attached to an aromatic ring is 1. The smallest absolute Gasteiger partial charge is 0.337 e. The van der Waals surface area contributed by atoms with Crippen LogP contribution in [0.15, 0.2) is 17.5 Å². The number of aromatic carboxylic acids is 1. The Balaban J connectivity index is 2.90. The number of hydrogen-bond acceptors (Lipinski definition) is 3. The van der Waals surface area contributed by atoms with Crippen molar-refractivity contribution in [2.75, 3.05) is 5.73 Å². The van der Waals surface area contributed by atoms with E-state index in [4.69, 9.17) is 10.8 Å². The van der Waals surface area contributed by atoms with Crippen molar-refractivity contribution < 1.29 is 14.3 Å². The minimum Gasteiger partial charge on any atom is -0.478 e. The molecular weight excluding hydrogens is 205 g/mol. The quantitative estimate of drug-likeness (QED) is 0.711. The lowest BCUT2D eigenvalue weighted by Crippen LogP contribution is -1.96. The summed E-state index contributed by atoms with van der Waals surface area (Å²) in [5.74, 6) is -1.69. The molecule has 2 aromatic rings. The van der Waals surface area contributed by atoms with E-state index in [1.165, 1.54) is 17.5 Å². The average molecular weight is 211 g/mol. The molecule has 0 atom stereocenters. The fraction of sp³-hybridized carbons (Fsp3) is 0. The number of fused-ring (bicyclic) bond motifs is 1. The van der Waals surface area contributed by atoms with Gasteiger partial charge in [0.2, 0.25) is 0 Å². The lowest BCUT2D eigenvalue weighted by molar-refractivity contribution is 0.0699. The Kier molecular flexibility index (Phi) is 1.89. The summed E-state index contributed by atoms with van der Waals surface area (Å²) in [6.45, 7) is 0. The van der Waals surface area contributed by atoms with Gasteiger partial charge in [-0.2, -0.15) is 0 Å². The highest BCUT2D eigenvalue weighted by molar-refractivity contribution is 7.18. The second-order valence-electron chi connectivity index (χ2n) is 2.80. The van der Waals surface area contributed by atoms with Gasteiger partial charge in [0.15, 0.2) is 0 Å². The van der Waals surface area contributed by atoms with Gasteiger partial charge in [0.25, 0.3) is 0 Å². The molecule has 0 spiro atoms. The molecular formula is C9H6FNO2S. The monoisotopic (exact) mass is 211 g/mol. The van der Waals surface area contributed by atoms with Crippen molar-refractivity contribution in [3.05, 3.63) is 28.9 Å². The number of carboxylic acid groups (broad SMARTS) is 1. The first kappa shape index (κ1) is 8.96. The van der Waals surface area contributed by atoms with Gasteiger partial charge >= 0.3 is 5.97 Å². The molecule has 72 valence electrons. The van der Waals surface area contributed by atoms with Gasteiger partial charge in [-0.05, 0) is 12.1 Å². The molecule has 3 N–H and O–H groups in total. The van der Waals surface area contributed by atoms with Crippen LogP contribution < -0.4 is 5.73 Å². The van der Waals surface area contributed by atoms with Crippen LogP contribution in [0.4, 0.5) is 10.1 Å². The molecule has 0 unspecified atom stereocenters. The normalized spacial score (nSPS) is 10.6. The molecule has 5 heteroatoms. The van der Waals surface area contributed by atoms with Crippen molar-refractivity contribution in [1.29, 1.82) is 0 Å². The molecule has 0 aliphatic heterocycles. The van der Waals surface area contributed by atoms with Crippen LogP contribution in [0.25, 0.3) is 10.1 Å². The van der Waals surface area contributed by atoms with Crippen LogP contribution in [0, 0.1) is 5.82 Å². The molecule has 1 aromatic carbocycles. The number of halogens is 1. The van der Waals surface area contributed by atoms with E-state index in [1.54, 1.807) is 0 Å². The van der Waals surface area contributed by atoms with E-state index >= 15 is 0 Å². The lowest BCUT2D eigenvalue weighted by Gasteiger charge is -1.97. The molecule has 0 fully saturated rings. The third-order valence-corrected chi connectivity index (χ3v) is 2.96. The predicted molar refractivity (Wildman–Crippen MR) is 53.2 cm³/mol. The summed E-state index contributed by atoms with van der Waals surface area (Å²) in [4.78, 5) is 10.7. The van der Waals surface area contributed by atoms with E-state index in [-0.39, 0.29) is 10.9 Å². The second kappa shape index (κ2) is 2.95. The van der Waals surface area contributed by atoms with E-state index in [1.807, 2.05) is 0 Å². The van der Waals surface area contributed by atoms with Crippen LogP contribution >= 0.6 is 11.3 Å². The molecule has 0 saturated heterocycles. The first-order chi connectivity index (χ1) is 6.61. The minimum absolute atomic E-state index is 0.0326. The summed E-state index contributed by atoms with van der Waals surface area (Å²) in [6.07, 6.45) is 0. The van der Waals surface area contributed by atoms with Gasteiger partial charge in [0.05, 0.1) is 10.3 Å². The third kappa shape index (κ3) is 1.13. The first-order valence-corrected chi connectivity index (χ1v) is 4.67. The number of carboxylic acids is 1. The Morgan fingerprint density at radius 2 is 2.21 bits per heavy atom. The molecule has 0 aliphatic carbocycles. The van der Waals surface area contributed by atoms with E-state index in [9.17, 15) is 9.18 Å². The summed E-state index contributed by atoms with van der Waals surface area (Å²) in [6, 6.07) is 2.61. The van der Waals surface area contributed by atoms with Crippen molar-refractivity contribution in [2.45, 2.75) is 0 Å². The van der Waals surface area contributed by atoms with Gasteiger partial charge in [-0.3, -0.25) is 0 Å². The zero-order valence-electron chi connectivity index (χ0n) is 6.95. The number of hydrogen-bond donors (Lipinski definition) is 2.